The number of nitrogens with zero attached hydrogens (tertiary/aromatic N) is 5. The van der Waals surface area contributed by atoms with E-state index in [9.17, 15) is 8.60 Å². The van der Waals surface area contributed by atoms with Gasteiger partial charge in [0.2, 0.25) is 5.89 Å². The number of hydrogen-bond donors (Lipinski definition) is 0. The average molecular weight is 540 g/mol. The Labute approximate surface area is 222 Å². The highest BCUT2D eigenvalue weighted by Crippen LogP contribution is 2.37. The minimum Gasteiger partial charge on any atom is -0.356 e. The summed E-state index contributed by atoms with van der Waals surface area (Å²) in [5.41, 5.74) is 3.34. The Balaban J connectivity index is 1.45. The van der Waals surface area contributed by atoms with Crippen LogP contribution in [-0.2, 0) is 16.6 Å². The van der Waals surface area contributed by atoms with Crippen molar-refractivity contribution >= 4 is 39.3 Å². The van der Waals surface area contributed by atoms with E-state index in [0.717, 1.165) is 59.2 Å². The summed E-state index contributed by atoms with van der Waals surface area (Å²) in [4.78, 5) is 17.0. The molecule has 0 aliphatic carbocycles. The molecule has 2 aromatic carbocycles. The zero-order chi connectivity index (χ0) is 26.1. The first kappa shape index (κ1) is 25.8. The van der Waals surface area contributed by atoms with Crippen molar-refractivity contribution in [1.82, 2.24) is 20.1 Å². The number of anilines is 1. The summed E-state index contributed by atoms with van der Waals surface area (Å²) in [5.74, 6) is 2.78. The molecule has 4 aromatic rings. The Morgan fingerprint density at radius 1 is 1.19 bits per heavy atom. The van der Waals surface area contributed by atoms with E-state index in [1.54, 1.807) is 24.3 Å². The number of rotatable bonds is 7. The summed E-state index contributed by atoms with van der Waals surface area (Å²) < 4.78 is 32.2. The molecule has 37 heavy (non-hydrogen) atoms. The van der Waals surface area contributed by atoms with Crippen molar-refractivity contribution < 1.29 is 13.1 Å². The van der Waals surface area contributed by atoms with Gasteiger partial charge in [-0.3, -0.25) is 4.21 Å². The molecule has 1 aliphatic rings. The van der Waals surface area contributed by atoms with Crippen LogP contribution in [0.5, 0.6) is 0 Å². The van der Waals surface area contributed by atoms with Gasteiger partial charge in [-0.15, -0.1) is 11.8 Å². The van der Waals surface area contributed by atoms with E-state index in [4.69, 9.17) is 4.52 Å². The fraction of sp³-hybridized carbons (Fsp3) is 0.407. The molecule has 5 rings (SSSR count). The minimum absolute atomic E-state index is 0.205. The van der Waals surface area contributed by atoms with Gasteiger partial charge in [0.05, 0.1) is 5.52 Å². The number of piperidine rings is 1. The molecule has 10 heteroatoms. The summed E-state index contributed by atoms with van der Waals surface area (Å²) in [6.07, 6.45) is 6.98. The van der Waals surface area contributed by atoms with Crippen molar-refractivity contribution in [3.63, 3.8) is 0 Å². The zero-order valence-electron chi connectivity index (χ0n) is 21.4. The van der Waals surface area contributed by atoms with Gasteiger partial charge in [-0.25, -0.2) is 14.4 Å². The van der Waals surface area contributed by atoms with Gasteiger partial charge in [-0.2, -0.15) is 4.98 Å². The van der Waals surface area contributed by atoms with Gasteiger partial charge < -0.3 is 9.42 Å². The van der Waals surface area contributed by atoms with Crippen molar-refractivity contribution in [3.05, 3.63) is 59.8 Å². The second kappa shape index (κ2) is 10.9. The maximum Gasteiger partial charge on any atom is 0.229 e. The topological polar surface area (TPSA) is 85.0 Å². The number of aromatic nitrogens is 4. The monoisotopic (exact) mass is 539 g/mol. The van der Waals surface area contributed by atoms with Gasteiger partial charge in [0.1, 0.15) is 18.0 Å². The summed E-state index contributed by atoms with van der Waals surface area (Å²) in [7, 11) is -0.940. The summed E-state index contributed by atoms with van der Waals surface area (Å²) >= 11 is 1.60. The van der Waals surface area contributed by atoms with Crippen LogP contribution in [-0.4, -0.2) is 49.9 Å². The minimum atomic E-state index is -0.940. The molecular weight excluding hydrogens is 509 g/mol. The van der Waals surface area contributed by atoms with Crippen molar-refractivity contribution in [2.24, 2.45) is 0 Å². The first-order valence-corrected chi connectivity index (χ1v) is 15.3. The second-order valence-electron chi connectivity index (χ2n) is 9.70. The SMILES string of the molecule is CSc1cc(-c2cc(F)cc3c(N4CCC(c5noc(C(C)C)n5)CC4)ncnc23)ccc1CS(C)=O. The lowest BCUT2D eigenvalue weighted by Crippen LogP contribution is -2.34. The summed E-state index contributed by atoms with van der Waals surface area (Å²) in [5, 5.41) is 4.90. The normalized spacial score (nSPS) is 15.6. The third-order valence-electron chi connectivity index (χ3n) is 6.75. The van der Waals surface area contributed by atoms with Gasteiger partial charge in [0, 0.05) is 63.6 Å². The van der Waals surface area contributed by atoms with Crippen LogP contribution in [0.25, 0.3) is 22.0 Å². The molecule has 0 saturated carbocycles. The van der Waals surface area contributed by atoms with Crippen molar-refractivity contribution in [2.45, 2.75) is 49.2 Å². The number of fused-ring (bicyclic) bond motifs is 1. The standard InChI is InChI=1S/C27H30FN5O2S2/c1-16(2)27-31-25(32-35-27)17-7-9-33(10-8-17)26-22-13-20(28)12-21(24(22)29-15-30-26)18-5-6-19(14-37(4)34)23(11-18)36-3/h5-6,11-13,15-17H,7-10,14H2,1-4H3. The molecule has 1 fully saturated rings. The predicted molar refractivity (Wildman–Crippen MR) is 147 cm³/mol. The van der Waals surface area contributed by atoms with Crippen LogP contribution >= 0.6 is 11.8 Å². The molecule has 1 atom stereocenters. The third kappa shape index (κ3) is 5.40. The highest BCUT2D eigenvalue weighted by Gasteiger charge is 2.27. The van der Waals surface area contributed by atoms with Crippen LogP contribution in [0.3, 0.4) is 0 Å². The van der Waals surface area contributed by atoms with E-state index < -0.39 is 10.8 Å². The Morgan fingerprint density at radius 2 is 1.97 bits per heavy atom. The zero-order valence-corrected chi connectivity index (χ0v) is 23.0. The Hall–Kier alpha value is -2.85. The molecule has 0 bridgehead atoms. The molecule has 2 aromatic heterocycles. The van der Waals surface area contributed by atoms with E-state index in [0.29, 0.717) is 22.5 Å². The maximum atomic E-state index is 15.0. The average Bonchev–Trinajstić information content (AvgIpc) is 3.39. The molecular formula is C27H30FN5O2S2. The molecule has 0 spiro atoms. The molecule has 0 amide bonds. The highest BCUT2D eigenvalue weighted by molar-refractivity contribution is 7.98. The molecule has 3 heterocycles. The van der Waals surface area contributed by atoms with Gasteiger partial charge in [0.15, 0.2) is 5.82 Å². The lowest BCUT2D eigenvalue weighted by atomic mass is 9.95. The van der Waals surface area contributed by atoms with Crippen LogP contribution in [0.2, 0.25) is 0 Å². The first-order chi connectivity index (χ1) is 17.8. The maximum absolute atomic E-state index is 15.0. The molecule has 0 radical (unpaired) electrons. The number of hydrogen-bond acceptors (Lipinski definition) is 8. The lowest BCUT2D eigenvalue weighted by Gasteiger charge is -2.32. The molecule has 194 valence electrons. The van der Waals surface area contributed by atoms with Crippen LogP contribution in [0.1, 0.15) is 55.8 Å². The fourth-order valence-electron chi connectivity index (χ4n) is 4.84. The summed E-state index contributed by atoms with van der Waals surface area (Å²) in [6, 6.07) is 9.03. The van der Waals surface area contributed by atoms with Gasteiger partial charge in [-0.1, -0.05) is 31.1 Å². The van der Waals surface area contributed by atoms with Crippen LogP contribution in [0.15, 0.2) is 46.1 Å². The molecule has 1 saturated heterocycles. The van der Waals surface area contributed by atoms with Gasteiger partial charge in [0.25, 0.3) is 0 Å². The van der Waals surface area contributed by atoms with Crippen molar-refractivity contribution in [3.8, 4) is 11.1 Å². The first-order valence-electron chi connectivity index (χ1n) is 12.3. The number of benzene rings is 2. The summed E-state index contributed by atoms with van der Waals surface area (Å²) in [6.45, 7) is 5.59. The Morgan fingerprint density at radius 3 is 2.65 bits per heavy atom. The van der Waals surface area contributed by atoms with Crippen LogP contribution in [0.4, 0.5) is 10.2 Å². The number of halogens is 1. The van der Waals surface area contributed by atoms with E-state index in [1.165, 1.54) is 12.1 Å². The molecule has 1 unspecified atom stereocenters. The van der Waals surface area contributed by atoms with Crippen LogP contribution < -0.4 is 4.90 Å². The van der Waals surface area contributed by atoms with Crippen molar-refractivity contribution in [2.75, 3.05) is 30.5 Å². The third-order valence-corrected chi connectivity index (χ3v) is 8.29. The van der Waals surface area contributed by atoms with E-state index in [2.05, 4.69) is 25.0 Å². The molecule has 0 N–H and O–H groups in total. The van der Waals surface area contributed by atoms with E-state index >= 15 is 0 Å². The van der Waals surface area contributed by atoms with E-state index in [-0.39, 0.29) is 17.7 Å². The Bertz CT molecular complexity index is 1450. The van der Waals surface area contributed by atoms with Crippen LogP contribution in [0, 0.1) is 5.82 Å². The smallest absolute Gasteiger partial charge is 0.229 e. The van der Waals surface area contributed by atoms with E-state index in [1.807, 2.05) is 38.3 Å². The fourth-order valence-corrected chi connectivity index (χ4v) is 6.27. The predicted octanol–water partition coefficient (Wildman–Crippen LogP) is 5.93. The second-order valence-corrected chi connectivity index (χ2v) is 12.0. The largest absolute Gasteiger partial charge is 0.356 e. The van der Waals surface area contributed by atoms with Gasteiger partial charge >= 0.3 is 0 Å². The number of thioether (sulfide) groups is 1. The molecule has 7 nitrogen and oxygen atoms in total. The highest BCUT2D eigenvalue weighted by atomic mass is 32.2. The van der Waals surface area contributed by atoms with Crippen molar-refractivity contribution in [1.29, 1.82) is 0 Å². The molecule has 1 aliphatic heterocycles. The van der Waals surface area contributed by atoms with Gasteiger partial charge in [-0.05, 0) is 48.4 Å². The Kier molecular flexibility index (Phi) is 7.57. The lowest BCUT2D eigenvalue weighted by molar-refractivity contribution is 0.353. The quantitative estimate of drug-likeness (QED) is 0.267.